The normalized spacial score (nSPS) is 16.1. The molecule has 5 heteroatoms. The Balaban J connectivity index is 1.62. The summed E-state index contributed by atoms with van der Waals surface area (Å²) in [5.74, 6) is -0.0157. The van der Waals surface area contributed by atoms with E-state index in [1.807, 2.05) is 17.0 Å². The van der Waals surface area contributed by atoms with E-state index in [1.165, 1.54) is 16.7 Å². The lowest BCUT2D eigenvalue weighted by molar-refractivity contribution is -0.144. The second-order valence-corrected chi connectivity index (χ2v) is 10.1. The zero-order valence-electron chi connectivity index (χ0n) is 22.5. The Bertz CT molecular complexity index is 1250. The molecule has 38 heavy (non-hydrogen) atoms. The van der Waals surface area contributed by atoms with E-state index in [0.29, 0.717) is 32.4 Å². The first kappa shape index (κ1) is 27.6. The molecular formula is C33H38FNO3. The van der Waals surface area contributed by atoms with Crippen molar-refractivity contribution in [2.24, 2.45) is 0 Å². The molecular weight excluding hydrogens is 477 g/mol. The molecule has 3 aromatic rings. The van der Waals surface area contributed by atoms with Crippen LogP contribution in [0.15, 0.2) is 60.7 Å². The van der Waals surface area contributed by atoms with Crippen LogP contribution < -0.4 is 4.74 Å². The molecule has 0 spiro atoms. The maximum absolute atomic E-state index is 12.6. The van der Waals surface area contributed by atoms with Gasteiger partial charge in [0.1, 0.15) is 11.8 Å². The monoisotopic (exact) mass is 515 g/mol. The number of carboxylic acids is 1. The Labute approximate surface area is 225 Å². The van der Waals surface area contributed by atoms with Gasteiger partial charge < -0.3 is 9.84 Å². The van der Waals surface area contributed by atoms with Crippen molar-refractivity contribution >= 4 is 18.1 Å². The van der Waals surface area contributed by atoms with E-state index in [4.69, 9.17) is 4.74 Å². The predicted octanol–water partition coefficient (Wildman–Crippen LogP) is 7.71. The minimum Gasteiger partial charge on any atom is -0.493 e. The molecule has 1 aliphatic rings. The van der Waals surface area contributed by atoms with E-state index in [1.54, 1.807) is 0 Å². The fourth-order valence-electron chi connectivity index (χ4n) is 5.20. The molecule has 0 bridgehead atoms. The fourth-order valence-corrected chi connectivity index (χ4v) is 5.20. The van der Waals surface area contributed by atoms with Crippen molar-refractivity contribution in [2.75, 3.05) is 19.8 Å². The standard InChI is InChI=1S/C33H38FNO3/c1-24-21-29(23-35-19-8-6-15-31(35)33(36)37)32(38-20-9-7-18-34)22-28(24)17-16-26-13-10-14-30(25(26)2)27-11-4-3-5-12-27/h3-5,10-14,16-17,21-22,31H,6-9,15,18-20,23H2,1-2H3,(H,36,37)/b17-16+. The minimum atomic E-state index is -0.764. The number of hydrogen-bond acceptors (Lipinski definition) is 3. The van der Waals surface area contributed by atoms with Gasteiger partial charge in [-0.3, -0.25) is 14.1 Å². The second-order valence-electron chi connectivity index (χ2n) is 10.1. The third kappa shape index (κ3) is 6.90. The summed E-state index contributed by atoms with van der Waals surface area (Å²) in [5, 5.41) is 9.73. The van der Waals surface area contributed by atoms with Crippen molar-refractivity contribution in [3.8, 4) is 16.9 Å². The molecule has 1 N–H and O–H groups in total. The maximum Gasteiger partial charge on any atom is 0.320 e. The van der Waals surface area contributed by atoms with Crippen LogP contribution in [0.25, 0.3) is 23.3 Å². The highest BCUT2D eigenvalue weighted by molar-refractivity contribution is 5.78. The van der Waals surface area contributed by atoms with E-state index in [0.717, 1.165) is 47.4 Å². The average molecular weight is 516 g/mol. The van der Waals surface area contributed by atoms with Gasteiger partial charge in [0.25, 0.3) is 0 Å². The van der Waals surface area contributed by atoms with Crippen LogP contribution in [0.1, 0.15) is 59.9 Å². The molecule has 1 fully saturated rings. The molecule has 4 rings (SSSR count). The number of benzene rings is 3. The van der Waals surface area contributed by atoms with E-state index in [2.05, 4.69) is 74.5 Å². The number of nitrogens with zero attached hydrogens (tertiary/aromatic N) is 1. The number of rotatable bonds is 11. The van der Waals surface area contributed by atoms with Crippen LogP contribution in [0, 0.1) is 13.8 Å². The molecule has 3 aromatic carbocycles. The van der Waals surface area contributed by atoms with Crippen LogP contribution in [0.5, 0.6) is 5.75 Å². The molecule has 200 valence electrons. The van der Waals surface area contributed by atoms with Gasteiger partial charge in [0.2, 0.25) is 0 Å². The molecule has 1 saturated heterocycles. The van der Waals surface area contributed by atoms with Crippen molar-refractivity contribution in [1.29, 1.82) is 0 Å². The van der Waals surface area contributed by atoms with Crippen LogP contribution >= 0.6 is 0 Å². The number of carbonyl (C=O) groups is 1. The SMILES string of the molecule is Cc1cc(CN2CCCCC2C(=O)O)c(OCCCCF)cc1/C=C/c1cccc(-c2ccccc2)c1C. The summed E-state index contributed by atoms with van der Waals surface area (Å²) >= 11 is 0. The minimum absolute atomic E-state index is 0.354. The van der Waals surface area contributed by atoms with Gasteiger partial charge in [-0.05, 0) is 85.5 Å². The van der Waals surface area contributed by atoms with Crippen molar-refractivity contribution in [3.63, 3.8) is 0 Å². The van der Waals surface area contributed by atoms with E-state index in [-0.39, 0.29) is 6.67 Å². The molecule has 0 radical (unpaired) electrons. The maximum atomic E-state index is 12.6. The van der Waals surface area contributed by atoms with Crippen LogP contribution in [0.2, 0.25) is 0 Å². The highest BCUT2D eigenvalue weighted by Crippen LogP contribution is 2.31. The van der Waals surface area contributed by atoms with Crippen molar-refractivity contribution < 1.29 is 19.0 Å². The quantitative estimate of drug-likeness (QED) is 0.210. The summed E-state index contributed by atoms with van der Waals surface area (Å²) in [5.41, 5.74) is 7.92. The topological polar surface area (TPSA) is 49.8 Å². The molecule has 4 nitrogen and oxygen atoms in total. The van der Waals surface area contributed by atoms with Crippen LogP contribution in [-0.4, -0.2) is 41.8 Å². The number of halogens is 1. The molecule has 0 amide bonds. The van der Waals surface area contributed by atoms with Crippen molar-refractivity contribution in [1.82, 2.24) is 4.90 Å². The van der Waals surface area contributed by atoms with Gasteiger partial charge in [0, 0.05) is 12.1 Å². The Morgan fingerprint density at radius 3 is 2.58 bits per heavy atom. The first-order chi connectivity index (χ1) is 18.5. The van der Waals surface area contributed by atoms with Gasteiger partial charge in [0.05, 0.1) is 13.3 Å². The van der Waals surface area contributed by atoms with Crippen LogP contribution in [0.4, 0.5) is 4.39 Å². The summed E-state index contributed by atoms with van der Waals surface area (Å²) in [6.45, 7) is 5.59. The lowest BCUT2D eigenvalue weighted by atomic mass is 9.95. The fraction of sp³-hybridized carbons (Fsp3) is 0.364. The number of aryl methyl sites for hydroxylation is 1. The van der Waals surface area contributed by atoms with E-state index >= 15 is 0 Å². The van der Waals surface area contributed by atoms with Crippen molar-refractivity contribution in [2.45, 2.75) is 58.5 Å². The second kappa shape index (κ2) is 13.4. The van der Waals surface area contributed by atoms with Crippen LogP contribution in [0.3, 0.4) is 0 Å². The number of ether oxygens (including phenoxy) is 1. The Morgan fingerprint density at radius 2 is 1.82 bits per heavy atom. The van der Waals surface area contributed by atoms with Gasteiger partial charge >= 0.3 is 5.97 Å². The van der Waals surface area contributed by atoms with Gasteiger partial charge in [-0.2, -0.15) is 0 Å². The number of alkyl halides is 1. The van der Waals surface area contributed by atoms with Crippen molar-refractivity contribution in [3.05, 3.63) is 88.5 Å². The highest BCUT2D eigenvalue weighted by atomic mass is 19.1. The molecule has 1 aliphatic heterocycles. The summed E-state index contributed by atoms with van der Waals surface area (Å²) in [6, 6.07) is 20.4. The molecule has 1 atom stereocenters. The smallest absolute Gasteiger partial charge is 0.320 e. The van der Waals surface area contributed by atoms with E-state index < -0.39 is 12.0 Å². The number of piperidine rings is 1. The molecule has 1 heterocycles. The highest BCUT2D eigenvalue weighted by Gasteiger charge is 2.29. The summed E-state index contributed by atoms with van der Waals surface area (Å²) < 4.78 is 18.8. The van der Waals surface area contributed by atoms with Gasteiger partial charge in [-0.1, -0.05) is 73.2 Å². The number of hydrogen-bond donors (Lipinski definition) is 1. The van der Waals surface area contributed by atoms with Gasteiger partial charge in [-0.15, -0.1) is 0 Å². The molecule has 0 aliphatic carbocycles. The lowest BCUT2D eigenvalue weighted by Gasteiger charge is -2.33. The number of aliphatic carboxylic acids is 1. The number of unbranched alkanes of at least 4 members (excludes halogenated alkanes) is 1. The summed E-state index contributed by atoms with van der Waals surface area (Å²) in [6.07, 6.45) is 7.97. The zero-order valence-corrected chi connectivity index (χ0v) is 22.5. The first-order valence-corrected chi connectivity index (χ1v) is 13.6. The molecule has 1 unspecified atom stereocenters. The Hall–Kier alpha value is -3.44. The number of carboxylic acid groups (broad SMARTS) is 1. The van der Waals surface area contributed by atoms with E-state index in [9.17, 15) is 14.3 Å². The average Bonchev–Trinajstić information content (AvgIpc) is 2.93. The third-order valence-electron chi connectivity index (χ3n) is 7.41. The lowest BCUT2D eigenvalue weighted by Crippen LogP contribution is -2.44. The Kier molecular flexibility index (Phi) is 9.72. The summed E-state index contributed by atoms with van der Waals surface area (Å²) in [4.78, 5) is 13.9. The third-order valence-corrected chi connectivity index (χ3v) is 7.41. The Morgan fingerprint density at radius 1 is 1.03 bits per heavy atom. The number of likely N-dealkylation sites (tertiary alicyclic amines) is 1. The zero-order chi connectivity index (χ0) is 26.9. The molecule has 0 aromatic heterocycles. The van der Waals surface area contributed by atoms with Gasteiger partial charge in [0.15, 0.2) is 0 Å². The first-order valence-electron chi connectivity index (χ1n) is 13.6. The summed E-state index contributed by atoms with van der Waals surface area (Å²) in [7, 11) is 0. The molecule has 0 saturated carbocycles. The van der Waals surface area contributed by atoms with Crippen LogP contribution in [-0.2, 0) is 11.3 Å². The predicted molar refractivity (Wildman–Crippen MR) is 153 cm³/mol. The van der Waals surface area contributed by atoms with Gasteiger partial charge in [-0.25, -0.2) is 0 Å². The largest absolute Gasteiger partial charge is 0.493 e.